The molecule has 4 N–H and O–H groups in total. The Morgan fingerprint density at radius 3 is 1.62 bits per heavy atom. The fourth-order valence-corrected chi connectivity index (χ4v) is 9.74. The van der Waals surface area contributed by atoms with Crippen LogP contribution in [0.15, 0.2) is 140 Å². The van der Waals surface area contributed by atoms with E-state index in [1.165, 1.54) is 7.11 Å². The van der Waals surface area contributed by atoms with E-state index in [0.29, 0.717) is 30.9 Å². The van der Waals surface area contributed by atoms with Crippen LogP contribution in [0.25, 0.3) is 11.3 Å². The standard InChI is InChI=1S/C69H92N6O14/c1-67(2,3)54(45-60(77)84-11)62(78)74-75(46-51-30-32-52(33-31-51)55-29-21-22-34-70-55)47-59(53(41-48-23-15-12-16-24-48)44-58(76)61(68(4,5)6)73-65(81)87-40-39-86-38-37-85-36-35-83-10)88-64(80)57(43-50-27-19-14-20-28-50)71-63(79)56(42-49-25-17-13-18-26-49)72-66(82)89-69(7,8)9/h12-34,53-54,56-57,59,61H,35-47H2,1-11H3,(H,71,79)(H,72,82)(H,73,81)(H,74,78)/t53-,54-,56+,57+,59+,61-/m1/s1. The van der Waals surface area contributed by atoms with Gasteiger partial charge in [-0.15, -0.1) is 0 Å². The lowest BCUT2D eigenvalue weighted by molar-refractivity contribution is -0.159. The van der Waals surface area contributed by atoms with Crippen molar-refractivity contribution in [2.75, 3.05) is 60.4 Å². The number of pyridine rings is 1. The van der Waals surface area contributed by atoms with Crippen LogP contribution >= 0.6 is 0 Å². The Morgan fingerprint density at radius 2 is 1.09 bits per heavy atom. The smallest absolute Gasteiger partial charge is 0.408 e. The number of Topliss-reactive ketones (excluding diaryl/α,β-unsaturated/α-hetero) is 1. The molecule has 0 radical (unpaired) electrons. The van der Waals surface area contributed by atoms with Crippen LogP contribution < -0.4 is 21.4 Å². The Bertz CT molecular complexity index is 2970. The fraction of sp³-hybridized carbons (Fsp3) is 0.478. The molecule has 0 saturated heterocycles. The maximum absolute atomic E-state index is 15.6. The monoisotopic (exact) mass is 1230 g/mol. The van der Waals surface area contributed by atoms with Gasteiger partial charge in [0.2, 0.25) is 11.8 Å². The van der Waals surface area contributed by atoms with Crippen LogP contribution in [0.5, 0.6) is 0 Å². The van der Waals surface area contributed by atoms with Gasteiger partial charge in [-0.3, -0.25) is 29.6 Å². The number of ether oxygens (including phenoxy) is 7. The molecule has 0 aliphatic rings. The minimum atomic E-state index is -1.40. The average Bonchev–Trinajstić information content (AvgIpc) is 3.70. The van der Waals surface area contributed by atoms with Gasteiger partial charge in [0.15, 0.2) is 5.78 Å². The molecule has 0 unspecified atom stereocenters. The molecule has 5 rings (SSSR count). The van der Waals surface area contributed by atoms with Crippen molar-refractivity contribution in [1.29, 1.82) is 0 Å². The van der Waals surface area contributed by atoms with Gasteiger partial charge in [0.25, 0.3) is 0 Å². The average molecular weight is 1230 g/mol. The highest BCUT2D eigenvalue weighted by Crippen LogP contribution is 2.31. The number of hydrogen-bond donors (Lipinski definition) is 4. The van der Waals surface area contributed by atoms with Gasteiger partial charge < -0.3 is 49.1 Å². The molecule has 0 saturated carbocycles. The highest BCUT2D eigenvalue weighted by atomic mass is 16.6. The summed E-state index contributed by atoms with van der Waals surface area (Å²) in [6.07, 6.45) is -1.73. The predicted molar refractivity (Wildman–Crippen MR) is 338 cm³/mol. The van der Waals surface area contributed by atoms with E-state index in [9.17, 15) is 24.0 Å². The quantitative estimate of drug-likeness (QED) is 0.0130. The van der Waals surface area contributed by atoms with Crippen molar-refractivity contribution in [1.82, 2.24) is 31.4 Å². The number of nitrogens with one attached hydrogen (secondary N) is 4. The SMILES string of the molecule is COCCOCCOCCOC(=O)N[C@H](C(=O)C[C@@H](Cc1ccccc1)[C@H](CN(Cc1ccc(-c2ccccn2)cc1)NC(=O)[C@@H](CC(=O)OC)C(C)(C)C)OC(=O)[C@H](Cc1ccccc1)NC(=O)[C@H](Cc1ccccc1)NC(=O)OC(C)(C)C)C(C)(C)C. The number of carbonyl (C=O) groups excluding carboxylic acids is 7. The largest absolute Gasteiger partial charge is 0.469 e. The summed E-state index contributed by atoms with van der Waals surface area (Å²) in [5.41, 5.74) is 4.99. The molecule has 20 heteroatoms. The van der Waals surface area contributed by atoms with Crippen LogP contribution in [0.4, 0.5) is 9.59 Å². The van der Waals surface area contributed by atoms with Crippen molar-refractivity contribution < 1.29 is 66.7 Å². The zero-order valence-corrected chi connectivity index (χ0v) is 53.5. The van der Waals surface area contributed by atoms with Crippen molar-refractivity contribution >= 4 is 41.7 Å². The molecule has 0 fully saturated rings. The molecule has 1 aromatic heterocycles. The molecule has 1 heterocycles. The number of hydrogen-bond acceptors (Lipinski definition) is 16. The van der Waals surface area contributed by atoms with Crippen molar-refractivity contribution in [3.63, 3.8) is 0 Å². The van der Waals surface area contributed by atoms with Gasteiger partial charge in [0.05, 0.1) is 70.8 Å². The number of hydrazine groups is 1. The maximum atomic E-state index is 15.6. The first-order chi connectivity index (χ1) is 42.3. The molecule has 6 atom stereocenters. The van der Waals surface area contributed by atoms with Crippen LogP contribution in [0.1, 0.15) is 97.4 Å². The summed E-state index contributed by atoms with van der Waals surface area (Å²) < 4.78 is 39.0. The normalized spacial score (nSPS) is 13.8. The third-order valence-corrected chi connectivity index (χ3v) is 14.4. The molecular formula is C69H92N6O14. The lowest BCUT2D eigenvalue weighted by atomic mass is 9.78. The van der Waals surface area contributed by atoms with Crippen LogP contribution in [0, 0.1) is 22.7 Å². The highest BCUT2D eigenvalue weighted by molar-refractivity contribution is 5.91. The number of methoxy groups -OCH3 is 2. The Morgan fingerprint density at radius 1 is 0.539 bits per heavy atom. The van der Waals surface area contributed by atoms with Crippen LogP contribution in [0.2, 0.25) is 0 Å². The number of aromatic nitrogens is 1. The second-order valence-electron chi connectivity index (χ2n) is 25.0. The number of amides is 4. The summed E-state index contributed by atoms with van der Waals surface area (Å²) in [7, 11) is 2.83. The zero-order valence-electron chi connectivity index (χ0n) is 53.5. The lowest BCUT2D eigenvalue weighted by Crippen LogP contribution is -2.56. The van der Waals surface area contributed by atoms with E-state index in [1.807, 2.05) is 151 Å². The summed E-state index contributed by atoms with van der Waals surface area (Å²) >= 11 is 0. The molecule has 0 bridgehead atoms. The van der Waals surface area contributed by atoms with Gasteiger partial charge in [-0.1, -0.05) is 163 Å². The number of esters is 2. The number of rotatable bonds is 34. The van der Waals surface area contributed by atoms with E-state index in [1.54, 1.807) is 63.4 Å². The Labute approximate surface area is 524 Å². The third kappa shape index (κ3) is 26.3. The second-order valence-corrected chi connectivity index (χ2v) is 25.0. The van der Waals surface area contributed by atoms with Gasteiger partial charge in [0.1, 0.15) is 30.4 Å². The van der Waals surface area contributed by atoms with Crippen LogP contribution in [0.3, 0.4) is 0 Å². The Balaban J connectivity index is 1.63. The Kier molecular flexibility index (Phi) is 28.9. The summed E-state index contributed by atoms with van der Waals surface area (Å²) in [5, 5.41) is 10.1. The van der Waals surface area contributed by atoms with Gasteiger partial charge in [-0.2, -0.15) is 0 Å². The van der Waals surface area contributed by atoms with E-state index in [4.69, 9.17) is 33.2 Å². The molecule has 20 nitrogen and oxygen atoms in total. The van der Waals surface area contributed by atoms with Crippen molar-refractivity contribution in [3.8, 4) is 11.3 Å². The summed E-state index contributed by atoms with van der Waals surface area (Å²) in [5.74, 6) is -4.96. The summed E-state index contributed by atoms with van der Waals surface area (Å²) in [4.78, 5) is 105. The molecule has 89 heavy (non-hydrogen) atoms. The van der Waals surface area contributed by atoms with Crippen LogP contribution in [-0.2, 0) is 82.9 Å². The third-order valence-electron chi connectivity index (χ3n) is 14.4. The molecule has 5 aromatic rings. The first-order valence-corrected chi connectivity index (χ1v) is 30.2. The summed E-state index contributed by atoms with van der Waals surface area (Å²) in [6.45, 7) is 17.2. The van der Waals surface area contributed by atoms with Crippen LogP contribution in [-0.4, -0.2) is 142 Å². The lowest BCUT2D eigenvalue weighted by Gasteiger charge is -2.37. The van der Waals surface area contributed by atoms with E-state index in [-0.39, 0.29) is 65.0 Å². The highest BCUT2D eigenvalue weighted by Gasteiger charge is 2.41. The van der Waals surface area contributed by atoms with E-state index >= 15 is 9.59 Å². The minimum absolute atomic E-state index is 0.0215. The topological polar surface area (TPSA) is 248 Å². The number of benzene rings is 4. The van der Waals surface area contributed by atoms with Crippen molar-refractivity contribution in [2.45, 2.75) is 131 Å². The molecule has 0 aliphatic heterocycles. The maximum Gasteiger partial charge on any atom is 0.408 e. The van der Waals surface area contributed by atoms with Crippen molar-refractivity contribution in [3.05, 3.63) is 162 Å². The van der Waals surface area contributed by atoms with E-state index < -0.39 is 94.2 Å². The summed E-state index contributed by atoms with van der Waals surface area (Å²) in [6, 6.07) is 36.8. The predicted octanol–water partition coefficient (Wildman–Crippen LogP) is 9.22. The number of ketones is 1. The molecular weight excluding hydrogens is 1140 g/mol. The molecule has 4 aromatic carbocycles. The number of carbonyl (C=O) groups is 7. The van der Waals surface area contributed by atoms with E-state index in [0.717, 1.165) is 22.4 Å². The van der Waals surface area contributed by atoms with E-state index in [2.05, 4.69) is 26.4 Å². The first-order valence-electron chi connectivity index (χ1n) is 30.2. The number of alkyl carbamates (subject to hydrolysis) is 2. The van der Waals surface area contributed by atoms with Gasteiger partial charge in [-0.25, -0.2) is 19.4 Å². The van der Waals surface area contributed by atoms with Gasteiger partial charge in [0, 0.05) is 50.6 Å². The second kappa shape index (κ2) is 35.8. The zero-order chi connectivity index (χ0) is 65.0. The van der Waals surface area contributed by atoms with Crippen molar-refractivity contribution in [2.24, 2.45) is 22.7 Å². The fourth-order valence-electron chi connectivity index (χ4n) is 9.74. The first kappa shape index (κ1) is 71.7. The number of nitrogens with zero attached hydrogens (tertiary/aromatic N) is 2. The molecule has 0 spiro atoms. The minimum Gasteiger partial charge on any atom is -0.469 e. The molecule has 0 aliphatic carbocycles. The van der Waals surface area contributed by atoms with Gasteiger partial charge in [-0.05, 0) is 72.4 Å². The molecule has 4 amide bonds. The molecule has 482 valence electrons. The van der Waals surface area contributed by atoms with Gasteiger partial charge >= 0.3 is 24.1 Å². The Hall–Kier alpha value is -8.04.